The van der Waals surface area contributed by atoms with Crippen molar-refractivity contribution in [3.8, 4) is 11.6 Å². The highest BCUT2D eigenvalue weighted by atomic mass is 16.5. The SMILES string of the molecule is C=CCc1ccc2c(C)cc(Oc3ccccc3)nc2c1. The molecule has 0 aliphatic heterocycles. The van der Waals surface area contributed by atoms with Crippen LogP contribution in [-0.2, 0) is 6.42 Å². The van der Waals surface area contributed by atoms with Crippen LogP contribution in [0.1, 0.15) is 11.1 Å². The number of benzene rings is 2. The van der Waals surface area contributed by atoms with Crippen LogP contribution >= 0.6 is 0 Å². The van der Waals surface area contributed by atoms with Crippen molar-refractivity contribution in [3.63, 3.8) is 0 Å². The fourth-order valence-corrected chi connectivity index (χ4v) is 2.37. The Bertz CT molecular complexity index is 778. The zero-order valence-electron chi connectivity index (χ0n) is 12.0. The first-order valence-corrected chi connectivity index (χ1v) is 7.00. The number of aromatic nitrogens is 1. The maximum atomic E-state index is 5.84. The van der Waals surface area contributed by atoms with Crippen molar-refractivity contribution < 1.29 is 4.74 Å². The van der Waals surface area contributed by atoms with Crippen molar-refractivity contribution in [2.75, 3.05) is 0 Å². The fraction of sp³-hybridized carbons (Fsp3) is 0.105. The molecular weight excluding hydrogens is 258 g/mol. The van der Waals surface area contributed by atoms with Gasteiger partial charge in [-0.25, -0.2) is 4.98 Å². The average molecular weight is 275 g/mol. The van der Waals surface area contributed by atoms with E-state index < -0.39 is 0 Å². The summed E-state index contributed by atoms with van der Waals surface area (Å²) in [6.07, 6.45) is 2.75. The average Bonchev–Trinajstić information content (AvgIpc) is 2.48. The van der Waals surface area contributed by atoms with Crippen LogP contribution in [0, 0.1) is 6.92 Å². The molecule has 0 saturated heterocycles. The predicted molar refractivity (Wildman–Crippen MR) is 86.9 cm³/mol. The molecule has 1 heterocycles. The summed E-state index contributed by atoms with van der Waals surface area (Å²) in [4.78, 5) is 4.62. The van der Waals surface area contributed by atoms with Gasteiger partial charge in [0, 0.05) is 11.5 Å². The molecule has 0 unspecified atom stereocenters. The Balaban J connectivity index is 2.02. The summed E-state index contributed by atoms with van der Waals surface area (Å²) < 4.78 is 5.84. The highest BCUT2D eigenvalue weighted by molar-refractivity contribution is 5.83. The molecule has 0 spiro atoms. The molecule has 0 bridgehead atoms. The summed E-state index contributed by atoms with van der Waals surface area (Å²) >= 11 is 0. The zero-order valence-corrected chi connectivity index (χ0v) is 12.0. The second kappa shape index (κ2) is 5.80. The van der Waals surface area contributed by atoms with Crippen LogP contribution in [0.3, 0.4) is 0 Å². The van der Waals surface area contributed by atoms with E-state index in [0.29, 0.717) is 5.88 Å². The quantitative estimate of drug-likeness (QED) is 0.620. The first-order valence-electron chi connectivity index (χ1n) is 7.00. The Hall–Kier alpha value is -2.61. The van der Waals surface area contributed by atoms with E-state index in [4.69, 9.17) is 4.74 Å². The largest absolute Gasteiger partial charge is 0.439 e. The Morgan fingerprint density at radius 2 is 1.90 bits per heavy atom. The van der Waals surface area contributed by atoms with Crippen molar-refractivity contribution in [2.24, 2.45) is 0 Å². The number of hydrogen-bond acceptors (Lipinski definition) is 2. The van der Waals surface area contributed by atoms with E-state index >= 15 is 0 Å². The molecule has 0 aliphatic rings. The number of nitrogens with zero attached hydrogens (tertiary/aromatic N) is 1. The lowest BCUT2D eigenvalue weighted by Gasteiger charge is -2.09. The van der Waals surface area contributed by atoms with E-state index in [1.807, 2.05) is 42.5 Å². The maximum Gasteiger partial charge on any atom is 0.220 e. The van der Waals surface area contributed by atoms with E-state index in [2.05, 4.69) is 36.7 Å². The Labute approximate surface area is 124 Å². The van der Waals surface area contributed by atoms with E-state index in [0.717, 1.165) is 28.6 Å². The molecule has 0 N–H and O–H groups in total. The summed E-state index contributed by atoms with van der Waals surface area (Å²) in [7, 11) is 0. The van der Waals surface area contributed by atoms with Gasteiger partial charge in [0.2, 0.25) is 5.88 Å². The van der Waals surface area contributed by atoms with Gasteiger partial charge in [-0.3, -0.25) is 0 Å². The van der Waals surface area contributed by atoms with Crippen LogP contribution in [0.5, 0.6) is 11.6 Å². The van der Waals surface area contributed by atoms with Crippen molar-refractivity contribution >= 4 is 10.9 Å². The fourth-order valence-electron chi connectivity index (χ4n) is 2.37. The van der Waals surface area contributed by atoms with E-state index in [1.165, 1.54) is 5.56 Å². The monoisotopic (exact) mass is 275 g/mol. The molecule has 0 amide bonds. The van der Waals surface area contributed by atoms with Crippen LogP contribution in [0.25, 0.3) is 10.9 Å². The van der Waals surface area contributed by atoms with Crippen LogP contribution in [0.4, 0.5) is 0 Å². The van der Waals surface area contributed by atoms with Gasteiger partial charge in [-0.15, -0.1) is 6.58 Å². The van der Waals surface area contributed by atoms with Gasteiger partial charge in [0.05, 0.1) is 5.52 Å². The number of rotatable bonds is 4. The molecule has 1 aromatic heterocycles. The lowest BCUT2D eigenvalue weighted by Crippen LogP contribution is -1.92. The first kappa shape index (κ1) is 13.4. The number of aryl methyl sites for hydroxylation is 1. The minimum atomic E-state index is 0.627. The van der Waals surface area contributed by atoms with Gasteiger partial charge in [0.15, 0.2) is 0 Å². The number of hydrogen-bond donors (Lipinski definition) is 0. The summed E-state index contributed by atoms with van der Waals surface area (Å²) in [5.41, 5.74) is 3.33. The normalized spacial score (nSPS) is 10.5. The number of pyridine rings is 1. The zero-order chi connectivity index (χ0) is 14.7. The highest BCUT2D eigenvalue weighted by Gasteiger charge is 2.05. The predicted octanol–water partition coefficient (Wildman–Crippen LogP) is 5.06. The molecule has 3 rings (SSSR count). The van der Waals surface area contributed by atoms with E-state index in [1.54, 1.807) is 0 Å². The minimum Gasteiger partial charge on any atom is -0.439 e. The molecule has 21 heavy (non-hydrogen) atoms. The van der Waals surface area contributed by atoms with Crippen molar-refractivity contribution in [3.05, 3.63) is 78.4 Å². The second-order valence-electron chi connectivity index (χ2n) is 5.04. The van der Waals surface area contributed by atoms with Gasteiger partial charge in [-0.05, 0) is 42.7 Å². The molecule has 3 aromatic rings. The molecule has 0 aliphatic carbocycles. The van der Waals surface area contributed by atoms with Gasteiger partial charge in [0.25, 0.3) is 0 Å². The van der Waals surface area contributed by atoms with Gasteiger partial charge < -0.3 is 4.74 Å². The van der Waals surface area contributed by atoms with E-state index in [9.17, 15) is 0 Å². The lowest BCUT2D eigenvalue weighted by atomic mass is 10.1. The highest BCUT2D eigenvalue weighted by Crippen LogP contribution is 2.26. The Kier molecular flexibility index (Phi) is 3.69. The van der Waals surface area contributed by atoms with Gasteiger partial charge in [-0.1, -0.05) is 36.4 Å². The second-order valence-corrected chi connectivity index (χ2v) is 5.04. The van der Waals surface area contributed by atoms with Gasteiger partial charge >= 0.3 is 0 Å². The molecule has 0 atom stereocenters. The lowest BCUT2D eigenvalue weighted by molar-refractivity contribution is 0.464. The third kappa shape index (κ3) is 2.95. The molecule has 104 valence electrons. The number of ether oxygens (including phenoxy) is 1. The van der Waals surface area contributed by atoms with Gasteiger partial charge in [-0.2, -0.15) is 0 Å². The van der Waals surface area contributed by atoms with Gasteiger partial charge in [0.1, 0.15) is 5.75 Å². The van der Waals surface area contributed by atoms with Crippen molar-refractivity contribution in [1.29, 1.82) is 0 Å². The van der Waals surface area contributed by atoms with Crippen molar-refractivity contribution in [2.45, 2.75) is 13.3 Å². The van der Waals surface area contributed by atoms with E-state index in [-0.39, 0.29) is 0 Å². The standard InChI is InChI=1S/C19H17NO/c1-3-7-15-10-11-17-14(2)12-19(20-18(17)13-15)21-16-8-5-4-6-9-16/h3-6,8-13H,1,7H2,2H3. The van der Waals surface area contributed by atoms with Crippen LogP contribution < -0.4 is 4.74 Å². The summed E-state index contributed by atoms with van der Waals surface area (Å²) in [5.74, 6) is 1.42. The number of fused-ring (bicyclic) bond motifs is 1. The Morgan fingerprint density at radius 3 is 2.67 bits per heavy atom. The number of allylic oxidation sites excluding steroid dienone is 1. The summed E-state index contributed by atoms with van der Waals surface area (Å²) in [6.45, 7) is 5.86. The molecule has 2 aromatic carbocycles. The van der Waals surface area contributed by atoms with Crippen LogP contribution in [0.2, 0.25) is 0 Å². The van der Waals surface area contributed by atoms with Crippen LogP contribution in [0.15, 0.2) is 67.3 Å². The smallest absolute Gasteiger partial charge is 0.220 e. The molecule has 2 nitrogen and oxygen atoms in total. The topological polar surface area (TPSA) is 22.1 Å². The molecule has 2 heteroatoms. The maximum absolute atomic E-state index is 5.84. The minimum absolute atomic E-state index is 0.627. The Morgan fingerprint density at radius 1 is 1.10 bits per heavy atom. The number of para-hydroxylation sites is 1. The molecular formula is C19H17NO. The first-order chi connectivity index (χ1) is 10.3. The van der Waals surface area contributed by atoms with Crippen molar-refractivity contribution in [1.82, 2.24) is 4.98 Å². The molecule has 0 saturated carbocycles. The summed E-state index contributed by atoms with van der Waals surface area (Å²) in [6, 6.07) is 18.0. The molecule has 0 fully saturated rings. The third-order valence-corrected chi connectivity index (χ3v) is 3.40. The van der Waals surface area contributed by atoms with Crippen LogP contribution in [-0.4, -0.2) is 4.98 Å². The third-order valence-electron chi connectivity index (χ3n) is 3.40. The molecule has 0 radical (unpaired) electrons. The summed E-state index contributed by atoms with van der Waals surface area (Å²) in [5, 5.41) is 1.16.